The predicted molar refractivity (Wildman–Crippen MR) is 94.0 cm³/mol. The zero-order valence-electron chi connectivity index (χ0n) is 14.2. The third kappa shape index (κ3) is 2.77. The van der Waals surface area contributed by atoms with Crippen LogP contribution in [0.25, 0.3) is 0 Å². The molecule has 0 unspecified atom stereocenters. The average Bonchev–Trinajstić information content (AvgIpc) is 2.93. The molecule has 4 rings (SSSR count). The molecule has 25 heavy (non-hydrogen) atoms. The number of rotatable bonds is 2. The molecule has 2 aliphatic heterocycles. The number of benzene rings is 1. The Kier molecular flexibility index (Phi) is 4.15. The quantitative estimate of drug-likeness (QED) is 0.615. The third-order valence-corrected chi connectivity index (χ3v) is 5.52. The van der Waals surface area contributed by atoms with Crippen LogP contribution in [0, 0.1) is 11.8 Å². The summed E-state index contributed by atoms with van der Waals surface area (Å²) < 4.78 is 0. The molecule has 0 radical (unpaired) electrons. The van der Waals surface area contributed by atoms with E-state index < -0.39 is 0 Å². The normalized spacial score (nSPS) is 26.1. The first-order chi connectivity index (χ1) is 12.2. The SMILES string of the molecule is O=C(c1ccc(N2C(=O)[C@H]3CC=CC[C@@H]3C2=O)cc1)N1CCCCC1. The summed E-state index contributed by atoms with van der Waals surface area (Å²) in [4.78, 5) is 40.9. The van der Waals surface area contributed by atoms with Gasteiger partial charge < -0.3 is 4.90 Å². The van der Waals surface area contributed by atoms with Gasteiger partial charge in [-0.25, -0.2) is 0 Å². The molecule has 3 amide bonds. The number of likely N-dealkylation sites (tertiary alicyclic amines) is 1. The lowest BCUT2D eigenvalue weighted by molar-refractivity contribution is -0.122. The van der Waals surface area contributed by atoms with E-state index in [1.165, 1.54) is 11.3 Å². The lowest BCUT2D eigenvalue weighted by Gasteiger charge is -2.26. The molecule has 5 heteroatoms. The van der Waals surface area contributed by atoms with Gasteiger partial charge in [0.2, 0.25) is 11.8 Å². The van der Waals surface area contributed by atoms with E-state index in [4.69, 9.17) is 0 Å². The summed E-state index contributed by atoms with van der Waals surface area (Å²) in [5.74, 6) is -0.661. The molecule has 5 nitrogen and oxygen atoms in total. The molecule has 0 spiro atoms. The van der Waals surface area contributed by atoms with Gasteiger partial charge in [-0.15, -0.1) is 0 Å². The lowest BCUT2D eigenvalue weighted by atomic mass is 9.85. The maximum atomic E-state index is 12.6. The molecule has 0 bridgehead atoms. The molecule has 2 saturated heterocycles. The molecule has 0 N–H and O–H groups in total. The van der Waals surface area contributed by atoms with Gasteiger partial charge >= 0.3 is 0 Å². The van der Waals surface area contributed by atoms with Crippen molar-refractivity contribution in [1.82, 2.24) is 4.90 Å². The molecular weight excluding hydrogens is 316 g/mol. The van der Waals surface area contributed by atoms with Gasteiger partial charge in [0.1, 0.15) is 0 Å². The van der Waals surface area contributed by atoms with Crippen molar-refractivity contribution in [1.29, 1.82) is 0 Å². The predicted octanol–water partition coefficient (Wildman–Crippen LogP) is 2.77. The van der Waals surface area contributed by atoms with Crippen LogP contribution < -0.4 is 4.90 Å². The van der Waals surface area contributed by atoms with Gasteiger partial charge in [-0.05, 0) is 56.4 Å². The number of carbonyl (C=O) groups is 3. The van der Waals surface area contributed by atoms with Crippen molar-refractivity contribution < 1.29 is 14.4 Å². The molecule has 1 aromatic rings. The molecule has 2 fully saturated rings. The number of nitrogens with zero attached hydrogens (tertiary/aromatic N) is 2. The fourth-order valence-electron chi connectivity index (χ4n) is 4.09. The summed E-state index contributed by atoms with van der Waals surface area (Å²) >= 11 is 0. The van der Waals surface area contributed by atoms with E-state index in [0.29, 0.717) is 24.1 Å². The van der Waals surface area contributed by atoms with Gasteiger partial charge in [-0.2, -0.15) is 0 Å². The average molecular weight is 338 g/mol. The fraction of sp³-hybridized carbons (Fsp3) is 0.450. The highest BCUT2D eigenvalue weighted by Crippen LogP contribution is 2.37. The van der Waals surface area contributed by atoms with E-state index in [0.717, 1.165) is 25.9 Å². The second-order valence-electron chi connectivity index (χ2n) is 7.07. The van der Waals surface area contributed by atoms with Crippen molar-refractivity contribution in [3.8, 4) is 0 Å². The van der Waals surface area contributed by atoms with Crippen LogP contribution in [-0.2, 0) is 9.59 Å². The fourth-order valence-corrected chi connectivity index (χ4v) is 4.09. The first-order valence-electron chi connectivity index (χ1n) is 9.09. The van der Waals surface area contributed by atoms with Crippen molar-refractivity contribution >= 4 is 23.4 Å². The second kappa shape index (κ2) is 6.47. The van der Waals surface area contributed by atoms with Crippen LogP contribution in [0.15, 0.2) is 36.4 Å². The second-order valence-corrected chi connectivity index (χ2v) is 7.07. The standard InChI is InChI=1S/C20H22N2O3/c23-18(21-12-4-1-5-13-21)14-8-10-15(11-9-14)22-19(24)16-6-2-3-7-17(16)20(22)25/h2-3,8-11,16-17H,1,4-7,12-13H2/t16-,17-/m0/s1. The highest BCUT2D eigenvalue weighted by atomic mass is 16.2. The Bertz CT molecular complexity index is 706. The molecule has 0 aromatic heterocycles. The number of piperidine rings is 1. The number of allylic oxidation sites excluding steroid dienone is 2. The zero-order chi connectivity index (χ0) is 17.4. The number of carbonyl (C=O) groups excluding carboxylic acids is 3. The highest BCUT2D eigenvalue weighted by Gasteiger charge is 2.47. The third-order valence-electron chi connectivity index (χ3n) is 5.52. The van der Waals surface area contributed by atoms with Gasteiger partial charge in [0.25, 0.3) is 5.91 Å². The molecule has 1 aromatic carbocycles. The Hall–Kier alpha value is -2.43. The van der Waals surface area contributed by atoms with E-state index in [2.05, 4.69) is 0 Å². The number of fused-ring (bicyclic) bond motifs is 1. The van der Waals surface area contributed by atoms with Crippen LogP contribution in [0.3, 0.4) is 0 Å². The summed E-state index contributed by atoms with van der Waals surface area (Å²) in [5.41, 5.74) is 1.18. The van der Waals surface area contributed by atoms with E-state index in [1.807, 2.05) is 17.1 Å². The molecule has 2 atom stereocenters. The van der Waals surface area contributed by atoms with E-state index in [1.54, 1.807) is 24.3 Å². The number of anilines is 1. The molecule has 2 heterocycles. The number of hydrogen-bond donors (Lipinski definition) is 0. The molecular formula is C20H22N2O3. The lowest BCUT2D eigenvalue weighted by Crippen LogP contribution is -2.35. The maximum Gasteiger partial charge on any atom is 0.253 e. The van der Waals surface area contributed by atoms with Gasteiger partial charge in [0, 0.05) is 18.7 Å². The Morgan fingerprint density at radius 1 is 0.840 bits per heavy atom. The van der Waals surface area contributed by atoms with Crippen molar-refractivity contribution in [2.75, 3.05) is 18.0 Å². The van der Waals surface area contributed by atoms with Crippen LogP contribution in [-0.4, -0.2) is 35.7 Å². The maximum absolute atomic E-state index is 12.6. The van der Waals surface area contributed by atoms with Crippen molar-refractivity contribution in [2.45, 2.75) is 32.1 Å². The van der Waals surface area contributed by atoms with Crippen LogP contribution in [0.4, 0.5) is 5.69 Å². The van der Waals surface area contributed by atoms with Crippen LogP contribution in [0.2, 0.25) is 0 Å². The zero-order valence-corrected chi connectivity index (χ0v) is 14.2. The summed E-state index contributed by atoms with van der Waals surface area (Å²) in [6.07, 6.45) is 8.52. The molecule has 130 valence electrons. The Labute approximate surface area is 147 Å². The first-order valence-corrected chi connectivity index (χ1v) is 9.09. The summed E-state index contributed by atoms with van der Waals surface area (Å²) in [6, 6.07) is 6.90. The summed E-state index contributed by atoms with van der Waals surface area (Å²) in [6.45, 7) is 1.61. The number of amides is 3. The number of hydrogen-bond acceptors (Lipinski definition) is 3. The summed E-state index contributed by atoms with van der Waals surface area (Å²) in [5, 5.41) is 0. The van der Waals surface area contributed by atoms with Crippen LogP contribution >= 0.6 is 0 Å². The van der Waals surface area contributed by atoms with Crippen LogP contribution in [0.1, 0.15) is 42.5 Å². The minimum Gasteiger partial charge on any atom is -0.339 e. The monoisotopic (exact) mass is 338 g/mol. The molecule has 0 saturated carbocycles. The van der Waals surface area contributed by atoms with Crippen molar-refractivity contribution in [2.24, 2.45) is 11.8 Å². The van der Waals surface area contributed by atoms with Gasteiger partial charge in [-0.3, -0.25) is 19.3 Å². The number of imide groups is 1. The van der Waals surface area contributed by atoms with Gasteiger partial charge in [0.05, 0.1) is 17.5 Å². The van der Waals surface area contributed by atoms with E-state index in [-0.39, 0.29) is 29.6 Å². The summed E-state index contributed by atoms with van der Waals surface area (Å²) in [7, 11) is 0. The Morgan fingerprint density at radius 2 is 1.40 bits per heavy atom. The first kappa shape index (κ1) is 16.1. The molecule has 3 aliphatic rings. The van der Waals surface area contributed by atoms with E-state index in [9.17, 15) is 14.4 Å². The van der Waals surface area contributed by atoms with E-state index >= 15 is 0 Å². The molecule has 1 aliphatic carbocycles. The largest absolute Gasteiger partial charge is 0.339 e. The minimum absolute atomic E-state index is 0.0307. The van der Waals surface area contributed by atoms with Gasteiger partial charge in [0.15, 0.2) is 0 Å². The van der Waals surface area contributed by atoms with Gasteiger partial charge in [-0.1, -0.05) is 12.2 Å². The topological polar surface area (TPSA) is 57.7 Å². The Balaban J connectivity index is 1.53. The van der Waals surface area contributed by atoms with Crippen molar-refractivity contribution in [3.63, 3.8) is 0 Å². The van der Waals surface area contributed by atoms with Crippen LogP contribution in [0.5, 0.6) is 0 Å². The smallest absolute Gasteiger partial charge is 0.253 e. The van der Waals surface area contributed by atoms with Crippen molar-refractivity contribution in [3.05, 3.63) is 42.0 Å². The minimum atomic E-state index is -0.229. The Morgan fingerprint density at radius 3 is 1.96 bits per heavy atom. The highest BCUT2D eigenvalue weighted by molar-refractivity contribution is 6.22.